The molecule has 5 atom stereocenters. The molecule has 0 bridgehead atoms. The van der Waals surface area contributed by atoms with Gasteiger partial charge in [0.05, 0.1) is 10.5 Å². The van der Waals surface area contributed by atoms with E-state index in [4.69, 9.17) is 9.47 Å². The Labute approximate surface area is 190 Å². The van der Waals surface area contributed by atoms with Crippen LogP contribution in [0.25, 0.3) is 0 Å². The minimum atomic E-state index is -0.720. The molecule has 0 N–H and O–H groups in total. The van der Waals surface area contributed by atoms with E-state index in [-0.39, 0.29) is 46.0 Å². The van der Waals surface area contributed by atoms with Crippen LogP contribution in [0.4, 0.5) is 5.69 Å². The Hall–Kier alpha value is -3.48. The van der Waals surface area contributed by atoms with Crippen LogP contribution in [0.5, 0.6) is 0 Å². The summed E-state index contributed by atoms with van der Waals surface area (Å²) in [7, 11) is 0. The van der Waals surface area contributed by atoms with E-state index in [1.54, 1.807) is 0 Å². The number of rotatable bonds is 6. The highest BCUT2D eigenvalue weighted by Gasteiger charge is 2.98. The molecule has 7 heteroatoms. The first kappa shape index (κ1) is 20.1. The fourth-order valence-electron chi connectivity index (χ4n) is 7.32. The third-order valence-corrected chi connectivity index (χ3v) is 8.50. The van der Waals surface area contributed by atoms with E-state index in [0.717, 1.165) is 12.8 Å². The van der Waals surface area contributed by atoms with Crippen LogP contribution in [0.15, 0.2) is 66.7 Å². The molecule has 168 valence electrons. The van der Waals surface area contributed by atoms with Crippen LogP contribution in [0.2, 0.25) is 0 Å². The Bertz CT molecular complexity index is 1220. The van der Waals surface area contributed by atoms with Crippen molar-refractivity contribution in [3.8, 4) is 0 Å². The molecule has 0 aliphatic heterocycles. The molecule has 6 rings (SSSR count). The smallest absolute Gasteiger partial charge is 0.338 e. The molecule has 1 spiro atoms. The molecule has 4 aliphatic rings. The van der Waals surface area contributed by atoms with Crippen LogP contribution in [-0.2, 0) is 19.7 Å². The van der Waals surface area contributed by atoms with Crippen LogP contribution in [0.3, 0.4) is 0 Å². The van der Waals surface area contributed by atoms with E-state index >= 15 is 0 Å². The average molecular weight is 445 g/mol. The topological polar surface area (TPSA) is 95.7 Å². The number of allylic oxidation sites excluding steroid dienone is 2. The first-order chi connectivity index (χ1) is 15.8. The van der Waals surface area contributed by atoms with Crippen molar-refractivity contribution in [3.05, 3.63) is 88.0 Å². The van der Waals surface area contributed by atoms with Gasteiger partial charge in [-0.15, -0.1) is 0 Å². The highest BCUT2D eigenvalue weighted by atomic mass is 16.6. The molecule has 33 heavy (non-hydrogen) atoms. The molecule has 1 unspecified atom stereocenters. The van der Waals surface area contributed by atoms with Crippen molar-refractivity contribution in [1.82, 2.24) is 0 Å². The predicted octanol–water partition coefficient (Wildman–Crippen LogP) is 4.36. The molecule has 0 radical (unpaired) electrons. The van der Waals surface area contributed by atoms with Crippen molar-refractivity contribution < 1.29 is 24.0 Å². The van der Waals surface area contributed by atoms with Crippen LogP contribution in [-0.4, -0.2) is 29.1 Å². The van der Waals surface area contributed by atoms with Gasteiger partial charge in [-0.05, 0) is 36.0 Å². The minimum Gasteiger partial charge on any atom is -0.465 e. The number of ether oxygens (including phenoxy) is 2. The summed E-state index contributed by atoms with van der Waals surface area (Å²) in [5.41, 5.74) is 0.0984. The lowest BCUT2D eigenvalue weighted by atomic mass is 9.80. The Morgan fingerprint density at radius 2 is 1.82 bits per heavy atom. The Kier molecular flexibility index (Phi) is 3.85. The number of nitro benzene ring substituents is 1. The van der Waals surface area contributed by atoms with E-state index in [9.17, 15) is 19.7 Å². The molecule has 0 amide bonds. The number of nitrogens with zero attached hydrogens (tertiary/aromatic N) is 1. The van der Waals surface area contributed by atoms with Gasteiger partial charge in [0.1, 0.15) is 12.2 Å². The normalized spacial score (nSPS) is 36.3. The zero-order valence-electron chi connectivity index (χ0n) is 18.2. The van der Waals surface area contributed by atoms with Gasteiger partial charge < -0.3 is 9.47 Å². The van der Waals surface area contributed by atoms with Crippen molar-refractivity contribution in [2.24, 2.45) is 16.7 Å². The van der Waals surface area contributed by atoms with Crippen molar-refractivity contribution in [3.63, 3.8) is 0 Å². The van der Waals surface area contributed by atoms with Crippen LogP contribution >= 0.6 is 0 Å². The maximum Gasteiger partial charge on any atom is 0.338 e. The van der Waals surface area contributed by atoms with Gasteiger partial charge in [-0.2, -0.15) is 0 Å². The number of hydrogen-bond acceptors (Lipinski definition) is 6. The number of esters is 2. The van der Waals surface area contributed by atoms with Gasteiger partial charge in [-0.1, -0.05) is 42.5 Å². The SMILES string of the molecule is CC(=O)OC[C@@]12CC34CC=C[C@]3(c3ccccc3)[C@H]4[C@]1(OC(=O)c1ccc([N+](=O)[O-])cc1)C2. The first-order valence-electron chi connectivity index (χ1n) is 11.1. The van der Waals surface area contributed by atoms with Gasteiger partial charge in [-0.3, -0.25) is 14.9 Å². The summed E-state index contributed by atoms with van der Waals surface area (Å²) in [5.74, 6) is -0.727. The molecule has 0 heterocycles. The Morgan fingerprint density at radius 3 is 2.48 bits per heavy atom. The van der Waals surface area contributed by atoms with E-state index in [0.29, 0.717) is 6.42 Å². The minimum absolute atomic E-state index is 0.0392. The van der Waals surface area contributed by atoms with Crippen LogP contribution in [0.1, 0.15) is 42.1 Å². The molecule has 2 aromatic rings. The van der Waals surface area contributed by atoms with Crippen molar-refractivity contribution >= 4 is 17.6 Å². The zero-order chi connectivity index (χ0) is 23.1. The molecule has 3 saturated carbocycles. The van der Waals surface area contributed by atoms with Gasteiger partial charge in [0.2, 0.25) is 0 Å². The molecule has 4 aliphatic carbocycles. The lowest BCUT2D eigenvalue weighted by Crippen LogP contribution is -2.34. The van der Waals surface area contributed by atoms with E-state index in [1.807, 2.05) is 18.2 Å². The van der Waals surface area contributed by atoms with E-state index in [1.165, 1.54) is 36.8 Å². The molecule has 2 aromatic carbocycles. The number of carbonyl (C=O) groups is 2. The van der Waals surface area contributed by atoms with E-state index in [2.05, 4.69) is 24.3 Å². The molecular weight excluding hydrogens is 422 g/mol. The zero-order valence-corrected chi connectivity index (χ0v) is 18.2. The number of hydrogen-bond donors (Lipinski definition) is 0. The summed E-state index contributed by atoms with van der Waals surface area (Å²) in [5, 5.41) is 11.0. The van der Waals surface area contributed by atoms with Crippen molar-refractivity contribution in [2.45, 2.75) is 37.2 Å². The highest BCUT2D eigenvalue weighted by molar-refractivity contribution is 5.90. The van der Waals surface area contributed by atoms with Crippen LogP contribution in [0, 0.1) is 26.9 Å². The summed E-state index contributed by atoms with van der Waals surface area (Å²) < 4.78 is 11.7. The second-order valence-corrected chi connectivity index (χ2v) is 9.93. The summed E-state index contributed by atoms with van der Waals surface area (Å²) >= 11 is 0. The number of nitro groups is 1. The number of benzene rings is 2. The third-order valence-electron chi connectivity index (χ3n) is 8.50. The monoisotopic (exact) mass is 445 g/mol. The second-order valence-electron chi connectivity index (χ2n) is 9.93. The van der Waals surface area contributed by atoms with Gasteiger partial charge in [0, 0.05) is 42.2 Å². The van der Waals surface area contributed by atoms with E-state index < -0.39 is 16.5 Å². The maximum atomic E-state index is 13.2. The lowest BCUT2D eigenvalue weighted by Gasteiger charge is -2.28. The second kappa shape index (κ2) is 6.31. The summed E-state index contributed by atoms with van der Waals surface area (Å²) in [6, 6.07) is 15.8. The number of non-ortho nitro benzene ring substituents is 1. The fraction of sp³-hybridized carbons (Fsp3) is 0.385. The third kappa shape index (κ3) is 2.39. The average Bonchev–Trinajstić information content (AvgIpc) is 3.51. The van der Waals surface area contributed by atoms with Crippen LogP contribution < -0.4 is 0 Å². The standard InChI is InChI=1S/C26H23NO6/c1-17(28)32-16-23-14-24-12-5-13-25(24,19-6-3-2-4-7-19)22(24)26(23,15-23)33-21(29)18-8-10-20(11-9-18)27(30)31/h2-11,13,22H,12,14-16H2,1H3/t22-,23-,24?,25-,26+/m0/s1. The molecular formula is C26H23NO6. The van der Waals surface area contributed by atoms with Crippen molar-refractivity contribution in [2.75, 3.05) is 6.61 Å². The maximum absolute atomic E-state index is 13.2. The van der Waals surface area contributed by atoms with Gasteiger partial charge in [0.25, 0.3) is 5.69 Å². The molecule has 0 aromatic heterocycles. The summed E-state index contributed by atoms with van der Waals surface area (Å²) in [6.07, 6.45) is 6.89. The Morgan fingerprint density at radius 1 is 1.09 bits per heavy atom. The van der Waals surface area contributed by atoms with Gasteiger partial charge in [-0.25, -0.2) is 4.79 Å². The predicted molar refractivity (Wildman–Crippen MR) is 117 cm³/mol. The number of fused-ring (bicyclic) bond motifs is 3. The molecule has 3 fully saturated rings. The summed E-state index contributed by atoms with van der Waals surface area (Å²) in [4.78, 5) is 35.3. The van der Waals surface area contributed by atoms with Gasteiger partial charge >= 0.3 is 11.9 Å². The number of carbonyl (C=O) groups excluding carboxylic acids is 2. The molecule has 0 saturated heterocycles. The quantitative estimate of drug-likeness (QED) is 0.284. The molecule has 7 nitrogen and oxygen atoms in total. The lowest BCUT2D eigenvalue weighted by molar-refractivity contribution is -0.384. The largest absolute Gasteiger partial charge is 0.465 e. The van der Waals surface area contributed by atoms with Gasteiger partial charge in [0.15, 0.2) is 0 Å². The Balaban J connectivity index is 1.36. The summed E-state index contributed by atoms with van der Waals surface area (Å²) in [6.45, 7) is 1.63. The first-order valence-corrected chi connectivity index (χ1v) is 11.1. The fourth-order valence-corrected chi connectivity index (χ4v) is 7.32. The van der Waals surface area contributed by atoms with Crippen molar-refractivity contribution in [1.29, 1.82) is 0 Å². The highest BCUT2D eigenvalue weighted by Crippen LogP contribution is 2.95.